The highest BCUT2D eigenvalue weighted by molar-refractivity contribution is 5.67. The Labute approximate surface area is 73.7 Å². The monoisotopic (exact) mass is 196 g/mol. The van der Waals surface area contributed by atoms with Crippen molar-refractivity contribution in [1.29, 1.82) is 0 Å². The molecule has 0 saturated heterocycles. The van der Waals surface area contributed by atoms with Crippen molar-refractivity contribution in [2.75, 3.05) is 0 Å². The zero-order valence-electron chi connectivity index (χ0n) is 6.97. The van der Waals surface area contributed by atoms with Gasteiger partial charge in [-0.05, 0) is 24.7 Å². The van der Waals surface area contributed by atoms with Gasteiger partial charge < -0.3 is 5.11 Å². The topological polar surface area (TPSA) is 37.3 Å². The summed E-state index contributed by atoms with van der Waals surface area (Å²) in [5, 5.41) is 8.39. The quantitative estimate of drug-likeness (QED) is 0.749. The normalized spacial score (nSPS) is 19.9. The first kappa shape index (κ1) is 10.3. The molecule has 13 heavy (non-hydrogen) atoms. The lowest BCUT2D eigenvalue weighted by atomic mass is 9.96. The van der Waals surface area contributed by atoms with Crippen LogP contribution in [0.3, 0.4) is 0 Å². The van der Waals surface area contributed by atoms with E-state index in [0.717, 1.165) is 12.8 Å². The van der Waals surface area contributed by atoms with Crippen molar-refractivity contribution in [3.8, 4) is 0 Å². The summed E-state index contributed by atoms with van der Waals surface area (Å²) in [6.45, 7) is 0. The molecule has 0 spiro atoms. The molecule has 0 aromatic rings. The van der Waals surface area contributed by atoms with Gasteiger partial charge in [0.2, 0.25) is 0 Å². The molecule has 0 aromatic carbocycles. The summed E-state index contributed by atoms with van der Waals surface area (Å²) in [6.07, 6.45) is -4.06. The van der Waals surface area contributed by atoms with E-state index < -0.39 is 24.5 Å². The van der Waals surface area contributed by atoms with Crippen molar-refractivity contribution in [3.05, 3.63) is 0 Å². The first-order valence-electron chi connectivity index (χ1n) is 4.17. The van der Waals surface area contributed by atoms with E-state index in [2.05, 4.69) is 0 Å². The van der Waals surface area contributed by atoms with E-state index in [1.54, 1.807) is 0 Å². The van der Waals surface area contributed by atoms with E-state index in [1.165, 1.54) is 0 Å². The van der Waals surface area contributed by atoms with Crippen LogP contribution in [-0.4, -0.2) is 17.3 Å². The summed E-state index contributed by atoms with van der Waals surface area (Å²) in [7, 11) is 0. The zero-order chi connectivity index (χ0) is 10.1. The molecule has 0 radical (unpaired) electrons. The van der Waals surface area contributed by atoms with Crippen LogP contribution in [0.4, 0.5) is 13.2 Å². The Kier molecular flexibility index (Phi) is 2.83. The van der Waals surface area contributed by atoms with E-state index in [4.69, 9.17) is 5.11 Å². The summed E-state index contributed by atoms with van der Waals surface area (Å²) < 4.78 is 35.9. The molecule has 5 heteroatoms. The second kappa shape index (κ2) is 3.55. The van der Waals surface area contributed by atoms with Crippen molar-refractivity contribution >= 4 is 5.97 Å². The fourth-order valence-corrected chi connectivity index (χ4v) is 1.49. The summed E-state index contributed by atoms with van der Waals surface area (Å²) in [4.78, 5) is 10.3. The maximum Gasteiger partial charge on any atom is 0.389 e. The molecule has 0 amide bonds. The minimum Gasteiger partial charge on any atom is -0.481 e. The number of hydrogen-bond donors (Lipinski definition) is 1. The van der Waals surface area contributed by atoms with Gasteiger partial charge in [-0.25, -0.2) is 0 Å². The minimum atomic E-state index is -4.23. The van der Waals surface area contributed by atoms with E-state index >= 15 is 0 Å². The third kappa shape index (κ3) is 4.15. The van der Waals surface area contributed by atoms with Gasteiger partial charge in [0.05, 0.1) is 0 Å². The molecule has 1 fully saturated rings. The first-order chi connectivity index (χ1) is 5.88. The zero-order valence-corrected chi connectivity index (χ0v) is 6.97. The largest absolute Gasteiger partial charge is 0.481 e. The molecule has 1 rings (SSSR count). The van der Waals surface area contributed by atoms with Gasteiger partial charge in [-0.3, -0.25) is 4.79 Å². The van der Waals surface area contributed by atoms with E-state index in [9.17, 15) is 18.0 Å². The van der Waals surface area contributed by atoms with Crippen LogP contribution in [-0.2, 0) is 4.79 Å². The molecule has 1 unspecified atom stereocenters. The van der Waals surface area contributed by atoms with Crippen molar-refractivity contribution in [1.82, 2.24) is 0 Å². The molecule has 1 aliphatic carbocycles. The maximum absolute atomic E-state index is 12.0. The Morgan fingerprint density at radius 1 is 1.46 bits per heavy atom. The predicted octanol–water partition coefficient (Wildman–Crippen LogP) is 2.44. The smallest absolute Gasteiger partial charge is 0.389 e. The van der Waals surface area contributed by atoms with Gasteiger partial charge in [0.1, 0.15) is 0 Å². The first-order valence-corrected chi connectivity index (χ1v) is 4.17. The van der Waals surface area contributed by atoms with Gasteiger partial charge in [-0.15, -0.1) is 0 Å². The summed E-state index contributed by atoms with van der Waals surface area (Å²) in [6, 6.07) is 0. The van der Waals surface area contributed by atoms with Crippen LogP contribution in [0.25, 0.3) is 0 Å². The highest BCUT2D eigenvalue weighted by Gasteiger charge is 2.40. The number of hydrogen-bond acceptors (Lipinski definition) is 1. The lowest BCUT2D eigenvalue weighted by Gasteiger charge is -2.15. The van der Waals surface area contributed by atoms with Gasteiger partial charge >= 0.3 is 12.1 Å². The van der Waals surface area contributed by atoms with Gasteiger partial charge in [0.25, 0.3) is 0 Å². The van der Waals surface area contributed by atoms with Crippen LogP contribution in [0, 0.1) is 11.8 Å². The lowest BCUT2D eigenvalue weighted by Crippen LogP contribution is -2.19. The third-order valence-electron chi connectivity index (χ3n) is 2.22. The Morgan fingerprint density at radius 3 is 2.31 bits per heavy atom. The maximum atomic E-state index is 12.0. The van der Waals surface area contributed by atoms with E-state index in [-0.39, 0.29) is 12.3 Å². The highest BCUT2D eigenvalue weighted by atomic mass is 19.4. The molecule has 0 bridgehead atoms. The molecular formula is C8H11F3O2. The molecule has 1 atom stereocenters. The fraction of sp³-hybridized carbons (Fsp3) is 0.875. The van der Waals surface area contributed by atoms with Crippen LogP contribution in [0.5, 0.6) is 0 Å². The average molecular weight is 196 g/mol. The van der Waals surface area contributed by atoms with Gasteiger partial charge in [0.15, 0.2) is 0 Å². The number of carboxylic acids is 1. The third-order valence-corrected chi connectivity index (χ3v) is 2.22. The fourth-order valence-electron chi connectivity index (χ4n) is 1.49. The number of rotatable bonds is 4. The van der Waals surface area contributed by atoms with Gasteiger partial charge in [0, 0.05) is 12.8 Å². The lowest BCUT2D eigenvalue weighted by molar-refractivity contribution is -0.152. The number of alkyl halides is 3. The summed E-state index contributed by atoms with van der Waals surface area (Å²) in [5.74, 6) is -1.86. The molecule has 1 N–H and O–H groups in total. The number of carboxylic acid groups (broad SMARTS) is 1. The van der Waals surface area contributed by atoms with Crippen molar-refractivity contribution in [3.63, 3.8) is 0 Å². The SMILES string of the molecule is O=C(O)CC(CC(F)(F)F)C1CC1. The summed E-state index contributed by atoms with van der Waals surface area (Å²) in [5.41, 5.74) is 0. The van der Waals surface area contributed by atoms with E-state index in [0.29, 0.717) is 0 Å². The van der Waals surface area contributed by atoms with Gasteiger partial charge in [-0.1, -0.05) is 0 Å². The molecular weight excluding hydrogens is 185 g/mol. The predicted molar refractivity (Wildman–Crippen MR) is 39.1 cm³/mol. The molecule has 2 nitrogen and oxygen atoms in total. The Balaban J connectivity index is 2.42. The number of halogens is 3. The number of carbonyl (C=O) groups is 1. The molecule has 0 heterocycles. The highest BCUT2D eigenvalue weighted by Crippen LogP contribution is 2.43. The Hall–Kier alpha value is -0.740. The minimum absolute atomic E-state index is 0.0160. The second-order valence-electron chi connectivity index (χ2n) is 3.51. The van der Waals surface area contributed by atoms with Crippen LogP contribution in [0.15, 0.2) is 0 Å². The van der Waals surface area contributed by atoms with Crippen LogP contribution < -0.4 is 0 Å². The second-order valence-corrected chi connectivity index (χ2v) is 3.51. The van der Waals surface area contributed by atoms with Crippen LogP contribution >= 0.6 is 0 Å². The van der Waals surface area contributed by atoms with Gasteiger partial charge in [-0.2, -0.15) is 13.2 Å². The van der Waals surface area contributed by atoms with Crippen LogP contribution in [0.2, 0.25) is 0 Å². The van der Waals surface area contributed by atoms with Crippen molar-refractivity contribution in [2.45, 2.75) is 31.9 Å². The molecule has 1 aliphatic rings. The van der Waals surface area contributed by atoms with E-state index in [1.807, 2.05) is 0 Å². The number of aliphatic carboxylic acids is 1. The Morgan fingerprint density at radius 2 is 2.00 bits per heavy atom. The molecule has 1 saturated carbocycles. The van der Waals surface area contributed by atoms with Crippen molar-refractivity contribution < 1.29 is 23.1 Å². The standard InChI is InChI=1S/C8H11F3O2/c9-8(10,11)4-6(3-7(12)13)5-1-2-5/h5-6H,1-4H2,(H,12,13). The van der Waals surface area contributed by atoms with Crippen molar-refractivity contribution in [2.24, 2.45) is 11.8 Å². The summed E-state index contributed by atoms with van der Waals surface area (Å²) >= 11 is 0. The molecule has 0 aliphatic heterocycles. The molecule has 0 aromatic heterocycles. The Bertz CT molecular complexity index is 196. The van der Waals surface area contributed by atoms with Crippen LogP contribution in [0.1, 0.15) is 25.7 Å². The molecule has 76 valence electrons. The average Bonchev–Trinajstić information content (AvgIpc) is 2.60.